The molecule has 0 bridgehead atoms. The minimum Gasteiger partial charge on any atom is -0.367 e. The molecule has 158 valence electrons. The van der Waals surface area contributed by atoms with Crippen LogP contribution in [0.5, 0.6) is 0 Å². The van der Waals surface area contributed by atoms with E-state index in [-0.39, 0.29) is 30.0 Å². The smallest absolute Gasteiger partial charge is 0.192 e. The Kier molecular flexibility index (Phi) is 8.35. The van der Waals surface area contributed by atoms with Crippen LogP contribution in [0.25, 0.3) is 0 Å². The molecule has 0 aliphatic carbocycles. The zero-order valence-electron chi connectivity index (χ0n) is 16.5. The third-order valence-corrected chi connectivity index (χ3v) is 4.75. The Bertz CT molecular complexity index is 868. The van der Waals surface area contributed by atoms with Crippen molar-refractivity contribution in [2.24, 2.45) is 12.0 Å². The third-order valence-electron chi connectivity index (χ3n) is 4.75. The lowest BCUT2D eigenvalue weighted by Crippen LogP contribution is -2.44. The fourth-order valence-electron chi connectivity index (χ4n) is 3.09. The lowest BCUT2D eigenvalue weighted by atomic mass is 10.2. The molecule has 1 aromatic carbocycles. The van der Waals surface area contributed by atoms with Gasteiger partial charge < -0.3 is 20.1 Å². The standard InChI is InChI=1S/C19H25F2N7.HI/c1-4-8-22-19(23-11-18-26-25-13(2)27(18)3)24-15-7-9-28(12-15)17-6-5-14(20)10-16(17)21;/h4-6,10,15H,1,7-9,11-12H2,2-3H3,(H2,22,23,24);1H. The van der Waals surface area contributed by atoms with Crippen molar-refractivity contribution >= 4 is 35.6 Å². The van der Waals surface area contributed by atoms with Gasteiger partial charge in [-0.2, -0.15) is 0 Å². The van der Waals surface area contributed by atoms with E-state index in [0.29, 0.717) is 37.8 Å². The highest BCUT2D eigenvalue weighted by Gasteiger charge is 2.25. The summed E-state index contributed by atoms with van der Waals surface area (Å²) in [5.41, 5.74) is 0.415. The molecule has 1 aliphatic heterocycles. The van der Waals surface area contributed by atoms with E-state index >= 15 is 0 Å². The molecule has 1 atom stereocenters. The highest BCUT2D eigenvalue weighted by molar-refractivity contribution is 14.0. The number of nitrogens with one attached hydrogen (secondary N) is 2. The fourth-order valence-corrected chi connectivity index (χ4v) is 3.09. The molecule has 1 aromatic heterocycles. The lowest BCUT2D eigenvalue weighted by Gasteiger charge is -2.21. The zero-order chi connectivity index (χ0) is 20.1. The summed E-state index contributed by atoms with van der Waals surface area (Å²) >= 11 is 0. The van der Waals surface area contributed by atoms with E-state index in [1.54, 1.807) is 6.08 Å². The monoisotopic (exact) mass is 517 g/mol. The summed E-state index contributed by atoms with van der Waals surface area (Å²) in [4.78, 5) is 6.48. The first-order valence-corrected chi connectivity index (χ1v) is 9.18. The molecule has 2 N–H and O–H groups in total. The Morgan fingerprint density at radius 2 is 2.17 bits per heavy atom. The lowest BCUT2D eigenvalue weighted by molar-refractivity contribution is 0.580. The number of rotatable bonds is 6. The van der Waals surface area contributed by atoms with Crippen LogP contribution < -0.4 is 15.5 Å². The molecule has 29 heavy (non-hydrogen) atoms. The van der Waals surface area contributed by atoms with Crippen LogP contribution in [0.4, 0.5) is 14.5 Å². The Labute approximate surface area is 186 Å². The Morgan fingerprint density at radius 1 is 1.38 bits per heavy atom. The molecular weight excluding hydrogens is 491 g/mol. The molecule has 0 spiro atoms. The van der Waals surface area contributed by atoms with E-state index in [2.05, 4.69) is 32.4 Å². The molecule has 3 rings (SSSR count). The predicted octanol–water partition coefficient (Wildman–Crippen LogP) is 2.52. The Balaban J connectivity index is 0.00000300. The molecule has 0 saturated carbocycles. The number of nitrogens with zero attached hydrogens (tertiary/aromatic N) is 5. The van der Waals surface area contributed by atoms with Crippen molar-refractivity contribution in [3.05, 3.63) is 54.1 Å². The van der Waals surface area contributed by atoms with Gasteiger partial charge >= 0.3 is 0 Å². The number of hydrogen-bond donors (Lipinski definition) is 2. The maximum Gasteiger partial charge on any atom is 0.192 e. The van der Waals surface area contributed by atoms with Crippen molar-refractivity contribution in [3.63, 3.8) is 0 Å². The topological polar surface area (TPSA) is 70.4 Å². The number of anilines is 1. The number of aliphatic imine (C=N–C) groups is 1. The van der Waals surface area contributed by atoms with Crippen LogP contribution in [0, 0.1) is 18.6 Å². The third kappa shape index (κ3) is 5.87. The van der Waals surface area contributed by atoms with Crippen LogP contribution in [0.2, 0.25) is 0 Å². The second-order valence-electron chi connectivity index (χ2n) is 6.73. The van der Waals surface area contributed by atoms with Crippen molar-refractivity contribution in [2.75, 3.05) is 24.5 Å². The van der Waals surface area contributed by atoms with Gasteiger partial charge in [0.25, 0.3) is 0 Å². The Morgan fingerprint density at radius 3 is 2.83 bits per heavy atom. The van der Waals surface area contributed by atoms with Crippen molar-refractivity contribution < 1.29 is 8.78 Å². The molecule has 2 heterocycles. The SMILES string of the molecule is C=CCNC(=NCc1nnc(C)n1C)NC1CCN(c2ccc(F)cc2F)C1.I. The second-order valence-corrected chi connectivity index (χ2v) is 6.73. The average molecular weight is 517 g/mol. The van der Waals surface area contributed by atoms with E-state index in [0.717, 1.165) is 24.1 Å². The summed E-state index contributed by atoms with van der Waals surface area (Å²) in [6, 6.07) is 3.76. The first-order valence-electron chi connectivity index (χ1n) is 9.18. The average Bonchev–Trinajstić information content (AvgIpc) is 3.25. The molecule has 1 fully saturated rings. The van der Waals surface area contributed by atoms with Gasteiger partial charge in [0.15, 0.2) is 11.8 Å². The van der Waals surface area contributed by atoms with Crippen LogP contribution in [-0.2, 0) is 13.6 Å². The Hall–Kier alpha value is -2.24. The van der Waals surface area contributed by atoms with Crippen molar-refractivity contribution in [3.8, 4) is 0 Å². The number of hydrogen-bond acceptors (Lipinski definition) is 4. The first kappa shape index (κ1) is 23.0. The molecular formula is C19H26F2IN7. The number of benzene rings is 1. The van der Waals surface area contributed by atoms with Gasteiger partial charge in [-0.15, -0.1) is 40.8 Å². The zero-order valence-corrected chi connectivity index (χ0v) is 18.9. The van der Waals surface area contributed by atoms with Gasteiger partial charge in [-0.25, -0.2) is 13.8 Å². The van der Waals surface area contributed by atoms with Crippen LogP contribution in [0.1, 0.15) is 18.1 Å². The van der Waals surface area contributed by atoms with Crippen LogP contribution in [-0.4, -0.2) is 46.4 Å². The van der Waals surface area contributed by atoms with Crippen LogP contribution in [0.15, 0.2) is 35.8 Å². The number of aromatic nitrogens is 3. The summed E-state index contributed by atoms with van der Waals surface area (Å²) in [7, 11) is 1.90. The fraction of sp³-hybridized carbons (Fsp3) is 0.421. The molecule has 7 nitrogen and oxygen atoms in total. The summed E-state index contributed by atoms with van der Waals surface area (Å²) in [5, 5.41) is 14.7. The summed E-state index contributed by atoms with van der Waals surface area (Å²) < 4.78 is 29.1. The van der Waals surface area contributed by atoms with E-state index in [4.69, 9.17) is 0 Å². The largest absolute Gasteiger partial charge is 0.367 e. The summed E-state index contributed by atoms with van der Waals surface area (Å²) in [6.07, 6.45) is 2.56. The van der Waals surface area contributed by atoms with E-state index < -0.39 is 11.6 Å². The first-order chi connectivity index (χ1) is 13.5. The quantitative estimate of drug-likeness (QED) is 0.267. The number of guanidine groups is 1. The van der Waals surface area contributed by atoms with E-state index in [9.17, 15) is 8.78 Å². The molecule has 1 aliphatic rings. The van der Waals surface area contributed by atoms with Gasteiger partial charge in [-0.1, -0.05) is 6.08 Å². The second kappa shape index (κ2) is 10.5. The predicted molar refractivity (Wildman–Crippen MR) is 121 cm³/mol. The normalized spacial score (nSPS) is 16.5. The summed E-state index contributed by atoms with van der Waals surface area (Å²) in [6.45, 7) is 7.82. The minimum absolute atomic E-state index is 0. The van der Waals surface area contributed by atoms with Crippen LogP contribution in [0.3, 0.4) is 0 Å². The van der Waals surface area contributed by atoms with E-state index in [1.807, 2.05) is 23.4 Å². The molecule has 0 radical (unpaired) electrons. The van der Waals surface area contributed by atoms with Crippen molar-refractivity contribution in [2.45, 2.75) is 25.9 Å². The highest BCUT2D eigenvalue weighted by atomic mass is 127. The van der Waals surface area contributed by atoms with Gasteiger partial charge in [0.2, 0.25) is 0 Å². The molecule has 1 saturated heterocycles. The van der Waals surface area contributed by atoms with Gasteiger partial charge in [-0.05, 0) is 25.5 Å². The maximum absolute atomic E-state index is 14.0. The molecule has 0 amide bonds. The molecule has 1 unspecified atom stereocenters. The van der Waals surface area contributed by atoms with Crippen molar-refractivity contribution in [1.29, 1.82) is 0 Å². The highest BCUT2D eigenvalue weighted by Crippen LogP contribution is 2.24. The van der Waals surface area contributed by atoms with Crippen molar-refractivity contribution in [1.82, 2.24) is 25.4 Å². The molecule has 2 aromatic rings. The molecule has 10 heteroatoms. The maximum atomic E-state index is 14.0. The van der Waals surface area contributed by atoms with Gasteiger partial charge in [-0.3, -0.25) is 0 Å². The van der Waals surface area contributed by atoms with Gasteiger partial charge in [0.05, 0.1) is 5.69 Å². The van der Waals surface area contributed by atoms with Gasteiger partial charge in [0.1, 0.15) is 24.0 Å². The number of halogens is 3. The van der Waals surface area contributed by atoms with Gasteiger partial charge in [0, 0.05) is 38.8 Å². The van der Waals surface area contributed by atoms with E-state index in [1.165, 1.54) is 12.1 Å². The minimum atomic E-state index is -0.572. The van der Waals surface area contributed by atoms with Crippen LogP contribution >= 0.6 is 24.0 Å². The summed E-state index contributed by atoms with van der Waals surface area (Å²) in [5.74, 6) is 1.10. The number of aryl methyl sites for hydroxylation is 1.